The molecule has 0 radical (unpaired) electrons. The van der Waals surface area contributed by atoms with Gasteiger partial charge in [0.15, 0.2) is 11.5 Å². The van der Waals surface area contributed by atoms with Crippen molar-refractivity contribution >= 4 is 11.8 Å². The summed E-state index contributed by atoms with van der Waals surface area (Å²) in [5, 5.41) is 19.9. The molecule has 0 aromatic heterocycles. The van der Waals surface area contributed by atoms with Gasteiger partial charge in [-0.3, -0.25) is 0 Å². The van der Waals surface area contributed by atoms with Gasteiger partial charge in [0.2, 0.25) is 5.72 Å². The molecule has 1 spiro atoms. The van der Waals surface area contributed by atoms with Crippen molar-refractivity contribution in [1.29, 1.82) is 0 Å². The van der Waals surface area contributed by atoms with Crippen molar-refractivity contribution in [3.8, 4) is 11.5 Å². The van der Waals surface area contributed by atoms with Crippen molar-refractivity contribution < 1.29 is 14.9 Å². The zero-order valence-electron chi connectivity index (χ0n) is 13.9. The van der Waals surface area contributed by atoms with Crippen LogP contribution in [0.4, 0.5) is 5.69 Å². The van der Waals surface area contributed by atoms with E-state index in [4.69, 9.17) is 4.74 Å². The van der Waals surface area contributed by atoms with E-state index in [0.29, 0.717) is 12.3 Å². The molecule has 2 aliphatic heterocycles. The summed E-state index contributed by atoms with van der Waals surface area (Å²) in [6.45, 7) is 4.75. The monoisotopic (exact) mass is 323 g/mol. The Morgan fingerprint density at radius 3 is 2.67 bits per heavy atom. The lowest BCUT2D eigenvalue weighted by atomic mass is 9.76. The highest BCUT2D eigenvalue weighted by Crippen LogP contribution is 2.55. The van der Waals surface area contributed by atoms with Crippen LogP contribution in [0.5, 0.6) is 11.5 Å². The standard InChI is InChI=1S/C20H21NO3/c1-19(2)15-7-3-4-8-16(15)21(12-13-22)20(19)11-10-14-6-5-9-17(23)18(14)24-20/h3-11,22-23H,12-13H2,1-2H3. The van der Waals surface area contributed by atoms with Gasteiger partial charge in [-0.2, -0.15) is 0 Å². The molecule has 0 aliphatic carbocycles. The molecule has 4 rings (SSSR count). The number of hydrogen-bond donors (Lipinski definition) is 2. The Morgan fingerprint density at radius 2 is 1.88 bits per heavy atom. The maximum Gasteiger partial charge on any atom is 0.212 e. The molecule has 124 valence electrons. The van der Waals surface area contributed by atoms with Gasteiger partial charge in [0.05, 0.1) is 12.0 Å². The van der Waals surface area contributed by atoms with Crippen molar-refractivity contribution in [3.63, 3.8) is 0 Å². The first-order valence-corrected chi connectivity index (χ1v) is 8.19. The molecule has 2 heterocycles. The molecular weight excluding hydrogens is 302 g/mol. The highest BCUT2D eigenvalue weighted by molar-refractivity contribution is 5.73. The van der Waals surface area contributed by atoms with E-state index >= 15 is 0 Å². The first-order chi connectivity index (χ1) is 11.5. The molecule has 1 atom stereocenters. The number of para-hydroxylation sites is 2. The highest BCUT2D eigenvalue weighted by atomic mass is 16.5. The number of aromatic hydroxyl groups is 1. The maximum atomic E-state index is 10.3. The van der Waals surface area contributed by atoms with Crippen molar-refractivity contribution in [2.45, 2.75) is 25.0 Å². The van der Waals surface area contributed by atoms with Crippen LogP contribution in [0.15, 0.2) is 48.5 Å². The minimum atomic E-state index is -0.786. The Hall–Kier alpha value is -2.46. The third-order valence-electron chi connectivity index (χ3n) is 5.26. The topological polar surface area (TPSA) is 52.9 Å². The Kier molecular flexibility index (Phi) is 3.15. The molecule has 2 N–H and O–H groups in total. The first-order valence-electron chi connectivity index (χ1n) is 8.19. The molecule has 0 bridgehead atoms. The number of nitrogens with zero attached hydrogens (tertiary/aromatic N) is 1. The predicted molar refractivity (Wildman–Crippen MR) is 94.4 cm³/mol. The van der Waals surface area contributed by atoms with Crippen LogP contribution in [0.2, 0.25) is 0 Å². The highest BCUT2D eigenvalue weighted by Gasteiger charge is 2.58. The van der Waals surface area contributed by atoms with Gasteiger partial charge in [0, 0.05) is 17.8 Å². The minimum absolute atomic E-state index is 0.0248. The fourth-order valence-corrected chi connectivity index (χ4v) is 3.99. The summed E-state index contributed by atoms with van der Waals surface area (Å²) in [7, 11) is 0. The Bertz CT molecular complexity index is 827. The number of β-amino-alcohol motifs (C(OH)–C–C–N with tert-alkyl or cyclic N) is 1. The normalized spacial score (nSPS) is 23.0. The van der Waals surface area contributed by atoms with Crippen LogP contribution >= 0.6 is 0 Å². The number of phenols is 1. The van der Waals surface area contributed by atoms with Crippen LogP contribution in [-0.2, 0) is 5.41 Å². The molecule has 4 nitrogen and oxygen atoms in total. The Balaban J connectivity index is 1.93. The van der Waals surface area contributed by atoms with E-state index in [9.17, 15) is 10.2 Å². The van der Waals surface area contributed by atoms with Crippen LogP contribution in [-0.4, -0.2) is 29.1 Å². The number of fused-ring (bicyclic) bond motifs is 2. The van der Waals surface area contributed by atoms with E-state index in [2.05, 4.69) is 30.9 Å². The minimum Gasteiger partial charge on any atom is -0.504 e. The average molecular weight is 323 g/mol. The van der Waals surface area contributed by atoms with Gasteiger partial charge in [-0.15, -0.1) is 0 Å². The Morgan fingerprint density at radius 1 is 1.08 bits per heavy atom. The second kappa shape index (κ2) is 5.02. The second-order valence-electron chi connectivity index (χ2n) is 6.84. The van der Waals surface area contributed by atoms with Gasteiger partial charge < -0.3 is 19.8 Å². The number of benzene rings is 2. The fourth-order valence-electron chi connectivity index (χ4n) is 3.99. The van der Waals surface area contributed by atoms with Crippen LogP contribution in [0.25, 0.3) is 6.08 Å². The first kappa shape index (κ1) is 15.1. The lowest BCUT2D eigenvalue weighted by Gasteiger charge is -2.47. The summed E-state index contributed by atoms with van der Waals surface area (Å²) in [4.78, 5) is 2.09. The van der Waals surface area contributed by atoms with E-state index < -0.39 is 5.72 Å². The van der Waals surface area contributed by atoms with Gasteiger partial charge >= 0.3 is 0 Å². The largest absolute Gasteiger partial charge is 0.504 e. The van der Waals surface area contributed by atoms with E-state index in [1.54, 1.807) is 12.1 Å². The zero-order chi connectivity index (χ0) is 16.9. The van der Waals surface area contributed by atoms with Crippen molar-refractivity contribution in [2.24, 2.45) is 0 Å². The van der Waals surface area contributed by atoms with Crippen LogP contribution in [0.3, 0.4) is 0 Å². The number of aliphatic hydroxyl groups excluding tert-OH is 1. The summed E-state index contributed by atoms with van der Waals surface area (Å²) in [5.74, 6) is 0.621. The Labute approximate surface area is 141 Å². The van der Waals surface area contributed by atoms with E-state index in [-0.39, 0.29) is 17.8 Å². The predicted octanol–water partition coefficient (Wildman–Crippen LogP) is 3.28. The number of hydrogen-bond acceptors (Lipinski definition) is 4. The third kappa shape index (κ3) is 1.77. The third-order valence-corrected chi connectivity index (χ3v) is 5.26. The second-order valence-corrected chi connectivity index (χ2v) is 6.84. The number of rotatable bonds is 2. The molecule has 2 aliphatic rings. The summed E-state index contributed by atoms with van der Waals surface area (Å²) >= 11 is 0. The molecular formula is C20H21NO3. The van der Waals surface area contributed by atoms with Crippen LogP contribution in [0, 0.1) is 0 Å². The van der Waals surface area contributed by atoms with Crippen molar-refractivity contribution in [2.75, 3.05) is 18.1 Å². The van der Waals surface area contributed by atoms with Crippen LogP contribution < -0.4 is 9.64 Å². The molecule has 0 saturated carbocycles. The molecule has 0 saturated heterocycles. The van der Waals surface area contributed by atoms with Gasteiger partial charge in [-0.25, -0.2) is 0 Å². The number of ether oxygens (including phenoxy) is 1. The average Bonchev–Trinajstić information content (AvgIpc) is 2.76. The summed E-state index contributed by atoms with van der Waals surface area (Å²) in [6, 6.07) is 13.5. The molecule has 0 amide bonds. The number of phenolic OH excluding ortho intramolecular Hbond substituents is 1. The summed E-state index contributed by atoms with van der Waals surface area (Å²) < 4.78 is 6.45. The maximum absolute atomic E-state index is 10.3. The lowest BCUT2D eigenvalue weighted by molar-refractivity contribution is 0.0478. The summed E-state index contributed by atoms with van der Waals surface area (Å²) in [6.07, 6.45) is 4.04. The molecule has 2 aromatic carbocycles. The van der Waals surface area contributed by atoms with Crippen LogP contribution in [0.1, 0.15) is 25.0 Å². The fraction of sp³-hybridized carbons (Fsp3) is 0.300. The van der Waals surface area contributed by atoms with Crippen molar-refractivity contribution in [3.05, 3.63) is 59.7 Å². The van der Waals surface area contributed by atoms with E-state index in [1.807, 2.05) is 30.4 Å². The SMILES string of the molecule is CC1(C)c2ccccc2N(CCO)C12C=Cc1cccc(O)c1O2. The van der Waals surface area contributed by atoms with E-state index in [1.165, 1.54) is 5.56 Å². The smallest absolute Gasteiger partial charge is 0.212 e. The quantitative estimate of drug-likeness (QED) is 0.890. The van der Waals surface area contributed by atoms with Gasteiger partial charge in [0.1, 0.15) is 0 Å². The molecule has 1 unspecified atom stereocenters. The lowest BCUT2D eigenvalue weighted by Crippen LogP contribution is -2.60. The summed E-state index contributed by atoms with van der Waals surface area (Å²) in [5.41, 5.74) is 1.94. The van der Waals surface area contributed by atoms with Gasteiger partial charge in [-0.05, 0) is 43.7 Å². The van der Waals surface area contributed by atoms with Gasteiger partial charge in [-0.1, -0.05) is 30.3 Å². The molecule has 4 heteroatoms. The van der Waals surface area contributed by atoms with Gasteiger partial charge in [0.25, 0.3) is 0 Å². The van der Waals surface area contributed by atoms with Crippen molar-refractivity contribution in [1.82, 2.24) is 0 Å². The molecule has 2 aromatic rings. The number of anilines is 1. The van der Waals surface area contributed by atoms with E-state index in [0.717, 1.165) is 11.3 Å². The number of aliphatic hydroxyl groups is 1. The molecule has 24 heavy (non-hydrogen) atoms. The molecule has 0 fully saturated rings. The zero-order valence-corrected chi connectivity index (χ0v) is 13.9.